The summed E-state index contributed by atoms with van der Waals surface area (Å²) in [7, 11) is 1.40. The molecule has 0 aromatic heterocycles. The minimum absolute atomic E-state index is 0.226. The number of ether oxygens (including phenoxy) is 3. The summed E-state index contributed by atoms with van der Waals surface area (Å²) in [5.41, 5.74) is -0.0211. The molecule has 5 heteroatoms. The molecular weight excluding hydrogens is 246 g/mol. The smallest absolute Gasteiger partial charge is 0.330 e. The molecular formula is C14H17NO4. The highest BCUT2D eigenvalue weighted by atomic mass is 16.7. The maximum Gasteiger partial charge on any atom is 0.330 e. The Bertz CT molecular complexity index is 512. The summed E-state index contributed by atoms with van der Waals surface area (Å²) in [5.74, 6) is 1.09. The number of esters is 1. The number of carbonyl (C=O) groups is 1. The van der Waals surface area contributed by atoms with E-state index in [2.05, 4.69) is 5.32 Å². The summed E-state index contributed by atoms with van der Waals surface area (Å²) in [5, 5.41) is 3.35. The molecule has 0 bridgehead atoms. The Morgan fingerprint density at radius 1 is 1.37 bits per heavy atom. The van der Waals surface area contributed by atoms with Crippen molar-refractivity contribution in [1.29, 1.82) is 0 Å². The number of fused-ring (bicyclic) bond motifs is 1. The van der Waals surface area contributed by atoms with E-state index >= 15 is 0 Å². The molecule has 0 amide bonds. The number of benzene rings is 1. The van der Waals surface area contributed by atoms with Crippen LogP contribution in [-0.2, 0) is 15.1 Å². The zero-order valence-corrected chi connectivity index (χ0v) is 11.1. The van der Waals surface area contributed by atoms with Crippen LogP contribution < -0.4 is 14.8 Å². The highest BCUT2D eigenvalue weighted by molar-refractivity contribution is 5.82. The molecule has 1 aliphatic heterocycles. The molecule has 1 aromatic carbocycles. The average molecular weight is 263 g/mol. The van der Waals surface area contributed by atoms with Crippen LogP contribution in [0.3, 0.4) is 0 Å². The van der Waals surface area contributed by atoms with Crippen LogP contribution in [0.2, 0.25) is 0 Å². The topological polar surface area (TPSA) is 56.8 Å². The van der Waals surface area contributed by atoms with Crippen molar-refractivity contribution in [2.45, 2.75) is 31.3 Å². The van der Waals surface area contributed by atoms with Crippen molar-refractivity contribution in [2.75, 3.05) is 13.9 Å². The molecule has 0 radical (unpaired) electrons. The van der Waals surface area contributed by atoms with E-state index in [1.54, 1.807) is 0 Å². The molecule has 1 heterocycles. The molecule has 1 aliphatic carbocycles. The zero-order chi connectivity index (χ0) is 13.5. The van der Waals surface area contributed by atoms with Crippen LogP contribution in [0.1, 0.15) is 25.3 Å². The first-order chi connectivity index (χ1) is 9.13. The van der Waals surface area contributed by atoms with E-state index in [4.69, 9.17) is 14.2 Å². The molecule has 1 N–H and O–H groups in total. The molecule has 1 atom stereocenters. The standard InChI is InChI=1S/C14H17NO4/c1-14(13(16)17-2,15-10-4-5-10)9-3-6-11-12(7-9)19-8-18-11/h3,6-7,10,15H,4-5,8H2,1-2H3. The predicted molar refractivity (Wildman–Crippen MR) is 68.1 cm³/mol. The van der Waals surface area contributed by atoms with Gasteiger partial charge < -0.3 is 14.2 Å². The Labute approximate surface area is 111 Å². The molecule has 0 spiro atoms. The van der Waals surface area contributed by atoms with Crippen LogP contribution in [0.25, 0.3) is 0 Å². The summed E-state index contributed by atoms with van der Waals surface area (Å²) < 4.78 is 15.6. The Hall–Kier alpha value is -1.75. The van der Waals surface area contributed by atoms with E-state index in [9.17, 15) is 4.79 Å². The van der Waals surface area contributed by atoms with Crippen molar-refractivity contribution >= 4 is 5.97 Å². The summed E-state index contributed by atoms with van der Waals surface area (Å²) in [4.78, 5) is 12.1. The van der Waals surface area contributed by atoms with Crippen molar-refractivity contribution in [3.8, 4) is 11.5 Å². The van der Waals surface area contributed by atoms with E-state index in [-0.39, 0.29) is 12.8 Å². The maximum absolute atomic E-state index is 12.1. The fourth-order valence-corrected chi connectivity index (χ4v) is 2.31. The summed E-state index contributed by atoms with van der Waals surface area (Å²) in [6.07, 6.45) is 2.19. The second-order valence-electron chi connectivity index (χ2n) is 5.10. The van der Waals surface area contributed by atoms with Gasteiger partial charge in [0, 0.05) is 6.04 Å². The Morgan fingerprint density at radius 3 is 2.79 bits per heavy atom. The number of hydrogen-bond acceptors (Lipinski definition) is 5. The van der Waals surface area contributed by atoms with Gasteiger partial charge in [-0.05, 0) is 37.5 Å². The number of carbonyl (C=O) groups excluding carboxylic acids is 1. The molecule has 1 unspecified atom stereocenters. The molecule has 102 valence electrons. The van der Waals surface area contributed by atoms with Gasteiger partial charge in [-0.3, -0.25) is 5.32 Å². The lowest BCUT2D eigenvalue weighted by molar-refractivity contribution is -0.148. The fourth-order valence-electron chi connectivity index (χ4n) is 2.31. The Kier molecular flexibility index (Phi) is 2.86. The molecule has 1 fully saturated rings. The van der Waals surface area contributed by atoms with Crippen LogP contribution in [-0.4, -0.2) is 25.9 Å². The Balaban J connectivity index is 1.96. The second kappa shape index (κ2) is 4.42. The minimum Gasteiger partial charge on any atom is -0.467 e. The molecule has 1 saturated carbocycles. The highest BCUT2D eigenvalue weighted by Gasteiger charge is 2.41. The molecule has 2 aliphatic rings. The molecule has 19 heavy (non-hydrogen) atoms. The monoisotopic (exact) mass is 263 g/mol. The van der Waals surface area contributed by atoms with Crippen molar-refractivity contribution in [3.05, 3.63) is 23.8 Å². The van der Waals surface area contributed by atoms with Gasteiger partial charge in [-0.1, -0.05) is 6.07 Å². The number of hydrogen-bond donors (Lipinski definition) is 1. The highest BCUT2D eigenvalue weighted by Crippen LogP contribution is 2.37. The largest absolute Gasteiger partial charge is 0.467 e. The lowest BCUT2D eigenvalue weighted by Crippen LogP contribution is -2.48. The van der Waals surface area contributed by atoms with Crippen LogP contribution in [0.15, 0.2) is 18.2 Å². The number of methoxy groups -OCH3 is 1. The minimum atomic E-state index is -0.850. The van der Waals surface area contributed by atoms with E-state index in [0.717, 1.165) is 18.4 Å². The quantitative estimate of drug-likeness (QED) is 0.835. The van der Waals surface area contributed by atoms with Gasteiger partial charge in [-0.2, -0.15) is 0 Å². The first-order valence-corrected chi connectivity index (χ1v) is 6.40. The second-order valence-corrected chi connectivity index (χ2v) is 5.10. The van der Waals surface area contributed by atoms with E-state index in [1.807, 2.05) is 25.1 Å². The molecule has 0 saturated heterocycles. The van der Waals surface area contributed by atoms with E-state index in [1.165, 1.54) is 7.11 Å². The average Bonchev–Trinajstić information content (AvgIpc) is 3.10. The first kappa shape index (κ1) is 12.3. The van der Waals surface area contributed by atoms with Gasteiger partial charge in [0.2, 0.25) is 6.79 Å². The van der Waals surface area contributed by atoms with E-state index in [0.29, 0.717) is 17.5 Å². The normalized spacial score (nSPS) is 19.9. The molecule has 1 aromatic rings. The van der Waals surface area contributed by atoms with Gasteiger partial charge in [-0.15, -0.1) is 0 Å². The SMILES string of the molecule is COC(=O)C(C)(NC1CC1)c1ccc2c(c1)OCO2. The summed E-state index contributed by atoms with van der Waals surface area (Å²) >= 11 is 0. The van der Waals surface area contributed by atoms with Crippen molar-refractivity contribution in [2.24, 2.45) is 0 Å². The molecule has 5 nitrogen and oxygen atoms in total. The van der Waals surface area contributed by atoms with Crippen LogP contribution >= 0.6 is 0 Å². The van der Waals surface area contributed by atoms with Gasteiger partial charge in [0.1, 0.15) is 5.54 Å². The van der Waals surface area contributed by atoms with Gasteiger partial charge in [0.25, 0.3) is 0 Å². The molecule has 3 rings (SSSR count). The first-order valence-electron chi connectivity index (χ1n) is 6.40. The van der Waals surface area contributed by atoms with E-state index < -0.39 is 5.54 Å². The van der Waals surface area contributed by atoms with Crippen LogP contribution in [0.4, 0.5) is 0 Å². The third-order valence-electron chi connectivity index (χ3n) is 3.61. The van der Waals surface area contributed by atoms with Gasteiger partial charge >= 0.3 is 5.97 Å². The van der Waals surface area contributed by atoms with Gasteiger partial charge in [0.05, 0.1) is 7.11 Å². The zero-order valence-electron chi connectivity index (χ0n) is 11.1. The Morgan fingerprint density at radius 2 is 2.11 bits per heavy atom. The van der Waals surface area contributed by atoms with Crippen molar-refractivity contribution in [1.82, 2.24) is 5.32 Å². The van der Waals surface area contributed by atoms with Crippen LogP contribution in [0.5, 0.6) is 11.5 Å². The lowest BCUT2D eigenvalue weighted by Gasteiger charge is -2.28. The lowest BCUT2D eigenvalue weighted by atomic mass is 9.91. The van der Waals surface area contributed by atoms with Gasteiger partial charge in [-0.25, -0.2) is 4.79 Å². The summed E-state index contributed by atoms with van der Waals surface area (Å²) in [6, 6.07) is 5.93. The van der Waals surface area contributed by atoms with Gasteiger partial charge in [0.15, 0.2) is 11.5 Å². The fraction of sp³-hybridized carbons (Fsp3) is 0.500. The predicted octanol–water partition coefficient (Wildman–Crippen LogP) is 1.56. The summed E-state index contributed by atoms with van der Waals surface area (Å²) in [6.45, 7) is 2.07. The third-order valence-corrected chi connectivity index (χ3v) is 3.61. The van der Waals surface area contributed by atoms with Crippen molar-refractivity contribution in [3.63, 3.8) is 0 Å². The third kappa shape index (κ3) is 2.14. The number of nitrogens with one attached hydrogen (secondary N) is 1. The maximum atomic E-state index is 12.1. The number of rotatable bonds is 4. The van der Waals surface area contributed by atoms with Crippen molar-refractivity contribution < 1.29 is 19.0 Å². The van der Waals surface area contributed by atoms with Crippen LogP contribution in [0, 0.1) is 0 Å².